The highest BCUT2D eigenvalue weighted by Crippen LogP contribution is 2.33. The fourth-order valence-corrected chi connectivity index (χ4v) is 3.50. The monoisotopic (exact) mass is 306 g/mol. The van der Waals surface area contributed by atoms with Crippen LogP contribution < -0.4 is 0 Å². The summed E-state index contributed by atoms with van der Waals surface area (Å²) in [6.45, 7) is 13.3. The fourth-order valence-electron chi connectivity index (χ4n) is 3.50. The molecule has 0 heteroatoms. The maximum atomic E-state index is 2.38. The predicted octanol–water partition coefficient (Wildman–Crippen LogP) is 7.34. The van der Waals surface area contributed by atoms with Crippen molar-refractivity contribution in [1.29, 1.82) is 0 Å². The predicted molar refractivity (Wildman–Crippen MR) is 105 cm³/mol. The van der Waals surface area contributed by atoms with Crippen molar-refractivity contribution >= 4 is 21.5 Å². The van der Waals surface area contributed by atoms with Gasteiger partial charge in [0.25, 0.3) is 0 Å². The highest BCUT2D eigenvalue weighted by molar-refractivity contribution is 5.98. The molecule has 0 amide bonds. The SMILES string of the molecule is CC.CC(C)CC(C)(C)c1ccc2cc3ccccc3cc2c1. The van der Waals surface area contributed by atoms with Crippen LogP contribution in [0, 0.1) is 5.92 Å². The summed E-state index contributed by atoms with van der Waals surface area (Å²) in [5, 5.41) is 5.32. The first-order valence-corrected chi connectivity index (χ1v) is 8.89. The standard InChI is InChI=1S/C21H24.C2H6/c1-15(2)14-21(3,4)20-10-9-18-11-16-7-5-6-8-17(16)12-19(18)13-20;1-2/h5-13,15H,14H2,1-4H3;1-2H3. The van der Waals surface area contributed by atoms with Gasteiger partial charge in [-0.3, -0.25) is 0 Å². The zero-order chi connectivity index (χ0) is 17.0. The Morgan fingerprint density at radius 3 is 1.83 bits per heavy atom. The second-order valence-corrected chi connectivity index (χ2v) is 7.24. The zero-order valence-corrected chi connectivity index (χ0v) is 15.5. The van der Waals surface area contributed by atoms with Crippen molar-refractivity contribution in [3.63, 3.8) is 0 Å². The lowest BCUT2D eigenvalue weighted by atomic mass is 9.77. The van der Waals surface area contributed by atoms with E-state index >= 15 is 0 Å². The lowest BCUT2D eigenvalue weighted by Crippen LogP contribution is -2.19. The van der Waals surface area contributed by atoms with Gasteiger partial charge < -0.3 is 0 Å². The minimum Gasteiger partial charge on any atom is -0.0683 e. The van der Waals surface area contributed by atoms with E-state index in [4.69, 9.17) is 0 Å². The quantitative estimate of drug-likeness (QED) is 0.444. The van der Waals surface area contributed by atoms with Crippen LogP contribution in [0.5, 0.6) is 0 Å². The third kappa shape index (κ3) is 3.93. The van der Waals surface area contributed by atoms with Gasteiger partial charge in [0.05, 0.1) is 0 Å². The number of benzene rings is 3. The van der Waals surface area contributed by atoms with E-state index in [-0.39, 0.29) is 5.41 Å². The molecule has 0 aromatic heterocycles. The summed E-state index contributed by atoms with van der Waals surface area (Å²) in [7, 11) is 0. The van der Waals surface area contributed by atoms with E-state index in [1.165, 1.54) is 33.5 Å². The molecule has 23 heavy (non-hydrogen) atoms. The second kappa shape index (κ2) is 7.17. The van der Waals surface area contributed by atoms with Crippen LogP contribution in [-0.2, 0) is 5.41 Å². The van der Waals surface area contributed by atoms with Crippen molar-refractivity contribution in [2.45, 2.75) is 53.4 Å². The smallest absolute Gasteiger partial charge is 0.0101 e. The van der Waals surface area contributed by atoms with Gasteiger partial charge in [0.1, 0.15) is 0 Å². The Balaban J connectivity index is 0.000000924. The molecule has 0 radical (unpaired) electrons. The molecule has 0 saturated heterocycles. The Labute approximate surface area is 141 Å². The summed E-state index contributed by atoms with van der Waals surface area (Å²) in [5.74, 6) is 0.715. The van der Waals surface area contributed by atoms with Crippen molar-refractivity contribution in [2.24, 2.45) is 5.92 Å². The molecular formula is C23H30. The first-order valence-electron chi connectivity index (χ1n) is 8.89. The topological polar surface area (TPSA) is 0 Å². The number of hydrogen-bond donors (Lipinski definition) is 0. The number of rotatable bonds is 3. The minimum atomic E-state index is 0.230. The maximum Gasteiger partial charge on any atom is -0.0101 e. The van der Waals surface area contributed by atoms with Crippen LogP contribution in [0.2, 0.25) is 0 Å². The summed E-state index contributed by atoms with van der Waals surface area (Å²) < 4.78 is 0. The van der Waals surface area contributed by atoms with Gasteiger partial charge in [-0.1, -0.05) is 84.0 Å². The van der Waals surface area contributed by atoms with Crippen LogP contribution in [0.3, 0.4) is 0 Å². The van der Waals surface area contributed by atoms with Crippen molar-refractivity contribution in [1.82, 2.24) is 0 Å². The molecule has 0 N–H and O–H groups in total. The van der Waals surface area contributed by atoms with Gasteiger partial charge in [0.2, 0.25) is 0 Å². The normalized spacial score (nSPS) is 11.6. The lowest BCUT2D eigenvalue weighted by molar-refractivity contribution is 0.400. The first-order chi connectivity index (χ1) is 11.0. The fraction of sp³-hybridized carbons (Fsp3) is 0.391. The highest BCUT2D eigenvalue weighted by atomic mass is 14.3. The van der Waals surface area contributed by atoms with Crippen LogP contribution in [-0.4, -0.2) is 0 Å². The number of hydrogen-bond acceptors (Lipinski definition) is 0. The van der Waals surface area contributed by atoms with Crippen molar-refractivity contribution in [3.05, 3.63) is 60.2 Å². The molecule has 0 nitrogen and oxygen atoms in total. The van der Waals surface area contributed by atoms with E-state index in [0.29, 0.717) is 5.92 Å². The van der Waals surface area contributed by atoms with E-state index in [2.05, 4.69) is 82.3 Å². The van der Waals surface area contributed by atoms with Crippen LogP contribution in [0.1, 0.15) is 53.5 Å². The van der Waals surface area contributed by atoms with Crippen molar-refractivity contribution < 1.29 is 0 Å². The summed E-state index contributed by atoms with van der Waals surface area (Å²) in [6.07, 6.45) is 1.21. The maximum absolute atomic E-state index is 2.38. The van der Waals surface area contributed by atoms with Crippen molar-refractivity contribution in [2.75, 3.05) is 0 Å². The molecule has 0 fully saturated rings. The molecule has 0 unspecified atom stereocenters. The molecule has 0 saturated carbocycles. The summed E-state index contributed by atoms with van der Waals surface area (Å²) in [6, 6.07) is 20.2. The van der Waals surface area contributed by atoms with Crippen LogP contribution in [0.15, 0.2) is 54.6 Å². The van der Waals surface area contributed by atoms with Gasteiger partial charge in [-0.05, 0) is 57.0 Å². The summed E-state index contributed by atoms with van der Waals surface area (Å²) >= 11 is 0. The molecule has 0 bridgehead atoms. The third-order valence-electron chi connectivity index (χ3n) is 4.40. The van der Waals surface area contributed by atoms with Gasteiger partial charge in [-0.2, -0.15) is 0 Å². The van der Waals surface area contributed by atoms with E-state index in [0.717, 1.165) is 0 Å². The molecule has 122 valence electrons. The van der Waals surface area contributed by atoms with Crippen LogP contribution in [0.25, 0.3) is 21.5 Å². The van der Waals surface area contributed by atoms with E-state index in [9.17, 15) is 0 Å². The highest BCUT2D eigenvalue weighted by Gasteiger charge is 2.22. The molecule has 3 aromatic carbocycles. The largest absolute Gasteiger partial charge is 0.0683 e. The molecule has 0 aliphatic heterocycles. The summed E-state index contributed by atoms with van der Waals surface area (Å²) in [4.78, 5) is 0. The van der Waals surface area contributed by atoms with E-state index in [1.54, 1.807) is 0 Å². The minimum absolute atomic E-state index is 0.230. The Hall–Kier alpha value is -1.82. The Kier molecular flexibility index (Phi) is 5.46. The number of fused-ring (bicyclic) bond motifs is 2. The van der Waals surface area contributed by atoms with Gasteiger partial charge in [-0.15, -0.1) is 0 Å². The van der Waals surface area contributed by atoms with E-state index < -0.39 is 0 Å². The van der Waals surface area contributed by atoms with Crippen molar-refractivity contribution in [3.8, 4) is 0 Å². The lowest BCUT2D eigenvalue weighted by Gasteiger charge is -2.27. The second-order valence-electron chi connectivity index (χ2n) is 7.24. The first kappa shape index (κ1) is 17.5. The molecule has 0 heterocycles. The van der Waals surface area contributed by atoms with Crippen LogP contribution in [0.4, 0.5) is 0 Å². The molecule has 3 rings (SSSR count). The molecular weight excluding hydrogens is 276 g/mol. The Morgan fingerprint density at radius 1 is 0.739 bits per heavy atom. The van der Waals surface area contributed by atoms with Gasteiger partial charge in [0, 0.05) is 0 Å². The molecule has 0 atom stereocenters. The summed E-state index contributed by atoms with van der Waals surface area (Å²) in [5.41, 5.74) is 1.67. The Bertz CT molecular complexity index is 778. The van der Waals surface area contributed by atoms with Gasteiger partial charge >= 0.3 is 0 Å². The van der Waals surface area contributed by atoms with Crippen LogP contribution >= 0.6 is 0 Å². The molecule has 0 spiro atoms. The van der Waals surface area contributed by atoms with Gasteiger partial charge in [0.15, 0.2) is 0 Å². The zero-order valence-electron chi connectivity index (χ0n) is 15.5. The average Bonchev–Trinajstić information content (AvgIpc) is 2.53. The molecule has 0 aliphatic rings. The average molecular weight is 306 g/mol. The third-order valence-corrected chi connectivity index (χ3v) is 4.40. The van der Waals surface area contributed by atoms with E-state index in [1.807, 2.05) is 13.8 Å². The molecule has 0 aliphatic carbocycles. The Morgan fingerprint density at radius 2 is 1.26 bits per heavy atom. The molecule has 3 aromatic rings. The van der Waals surface area contributed by atoms with Gasteiger partial charge in [-0.25, -0.2) is 0 Å².